The molecule has 0 aromatic heterocycles. The van der Waals surface area contributed by atoms with Gasteiger partial charge in [-0.05, 0) is 12.5 Å². The van der Waals surface area contributed by atoms with Gasteiger partial charge in [0.1, 0.15) is 5.82 Å². The molecule has 0 spiro atoms. The third kappa shape index (κ3) is 4.22. The molecule has 110 valence electrons. The van der Waals surface area contributed by atoms with Crippen molar-refractivity contribution in [2.45, 2.75) is 24.6 Å². The fraction of sp³-hybridized carbons (Fsp3) is 0.417. The zero-order chi connectivity index (χ0) is 15.3. The molecule has 0 aliphatic carbocycles. The minimum absolute atomic E-state index is 0.00283. The molecule has 1 aromatic carbocycles. The van der Waals surface area contributed by atoms with Crippen LogP contribution < -0.4 is 5.32 Å². The third-order valence-electron chi connectivity index (χ3n) is 2.55. The van der Waals surface area contributed by atoms with Crippen LogP contribution in [-0.4, -0.2) is 22.2 Å². The highest BCUT2D eigenvalue weighted by molar-refractivity contribution is 9.09. The Kier molecular flexibility index (Phi) is 6.00. The van der Waals surface area contributed by atoms with Gasteiger partial charge in [0.2, 0.25) is 5.82 Å². The zero-order valence-corrected chi connectivity index (χ0v) is 12.2. The van der Waals surface area contributed by atoms with Crippen LogP contribution in [0.3, 0.4) is 0 Å². The van der Waals surface area contributed by atoms with Crippen molar-refractivity contribution in [3.8, 4) is 0 Å². The van der Waals surface area contributed by atoms with E-state index in [0.29, 0.717) is 12.1 Å². The molecule has 20 heavy (non-hydrogen) atoms. The molecule has 0 saturated carbocycles. The van der Waals surface area contributed by atoms with E-state index in [0.717, 1.165) is 12.8 Å². The number of carbonyl (C=O) groups excluding carboxylic acids is 1. The number of nitro groups is 1. The van der Waals surface area contributed by atoms with Gasteiger partial charge in [-0.1, -0.05) is 29.3 Å². The summed E-state index contributed by atoms with van der Waals surface area (Å²) in [4.78, 5) is 21.2. The Morgan fingerprint density at radius 2 is 2.15 bits per heavy atom. The summed E-state index contributed by atoms with van der Waals surface area (Å²) in [6.45, 7) is 2.18. The van der Waals surface area contributed by atoms with Gasteiger partial charge in [-0.25, -0.2) is 4.39 Å². The van der Waals surface area contributed by atoms with Crippen LogP contribution in [-0.2, 0) is 0 Å². The fourth-order valence-electron chi connectivity index (χ4n) is 1.59. The third-order valence-corrected chi connectivity index (χ3v) is 3.33. The standard InChI is InChI=1S/C12H13BrF2N2O3/c1-2-3-7(13)6-16-12(18)9-4-8(14)5-10(11(9)15)17(19)20/h4-5,7H,2-3,6H2,1H3,(H,16,18). The summed E-state index contributed by atoms with van der Waals surface area (Å²) in [5, 5.41) is 13.0. The molecule has 0 bridgehead atoms. The van der Waals surface area contributed by atoms with Crippen LogP contribution in [0, 0.1) is 21.7 Å². The average Bonchev–Trinajstić information content (AvgIpc) is 2.38. The van der Waals surface area contributed by atoms with Crippen molar-refractivity contribution in [3.63, 3.8) is 0 Å². The second-order valence-corrected chi connectivity index (χ2v) is 5.43. The first-order valence-corrected chi connectivity index (χ1v) is 6.84. The van der Waals surface area contributed by atoms with E-state index in [4.69, 9.17) is 0 Å². The van der Waals surface area contributed by atoms with Gasteiger partial charge in [0.05, 0.1) is 16.6 Å². The van der Waals surface area contributed by atoms with Crippen LogP contribution in [0.4, 0.5) is 14.5 Å². The highest BCUT2D eigenvalue weighted by atomic mass is 79.9. The van der Waals surface area contributed by atoms with Gasteiger partial charge in [-0.3, -0.25) is 14.9 Å². The largest absolute Gasteiger partial charge is 0.351 e. The Balaban J connectivity index is 2.90. The smallest absolute Gasteiger partial charge is 0.308 e. The van der Waals surface area contributed by atoms with Crippen molar-refractivity contribution in [2.75, 3.05) is 6.54 Å². The molecular weight excluding hydrogens is 338 g/mol. The average molecular weight is 351 g/mol. The monoisotopic (exact) mass is 350 g/mol. The number of nitro benzene ring substituents is 1. The molecular formula is C12H13BrF2N2O3. The summed E-state index contributed by atoms with van der Waals surface area (Å²) >= 11 is 3.32. The number of alkyl halides is 1. The molecule has 1 N–H and O–H groups in total. The second kappa shape index (κ2) is 7.28. The number of amides is 1. The van der Waals surface area contributed by atoms with Crippen LogP contribution in [0.25, 0.3) is 0 Å². The number of nitrogens with one attached hydrogen (secondary N) is 1. The summed E-state index contributed by atoms with van der Waals surface area (Å²) in [6, 6.07) is 1.08. The van der Waals surface area contributed by atoms with E-state index in [1.807, 2.05) is 6.92 Å². The van der Waals surface area contributed by atoms with Crippen molar-refractivity contribution in [3.05, 3.63) is 39.4 Å². The molecule has 1 atom stereocenters. The molecule has 0 aliphatic heterocycles. The van der Waals surface area contributed by atoms with Gasteiger partial charge < -0.3 is 5.32 Å². The zero-order valence-electron chi connectivity index (χ0n) is 10.7. The number of rotatable bonds is 6. The highest BCUT2D eigenvalue weighted by Gasteiger charge is 2.24. The lowest BCUT2D eigenvalue weighted by Gasteiger charge is -2.10. The summed E-state index contributed by atoms with van der Waals surface area (Å²) in [6.07, 6.45) is 1.69. The topological polar surface area (TPSA) is 72.2 Å². The molecule has 0 radical (unpaired) electrons. The van der Waals surface area contributed by atoms with E-state index in [2.05, 4.69) is 21.2 Å². The highest BCUT2D eigenvalue weighted by Crippen LogP contribution is 2.22. The van der Waals surface area contributed by atoms with Crippen LogP contribution in [0.2, 0.25) is 0 Å². The first-order chi connectivity index (χ1) is 9.36. The molecule has 0 aliphatic rings. The maximum atomic E-state index is 13.7. The van der Waals surface area contributed by atoms with Crippen LogP contribution in [0.15, 0.2) is 12.1 Å². The number of nitrogens with zero attached hydrogens (tertiary/aromatic N) is 1. The van der Waals surface area contributed by atoms with Crippen molar-refractivity contribution < 1.29 is 18.5 Å². The first-order valence-electron chi connectivity index (χ1n) is 5.92. The lowest BCUT2D eigenvalue weighted by molar-refractivity contribution is -0.387. The van der Waals surface area contributed by atoms with Gasteiger partial charge in [-0.2, -0.15) is 4.39 Å². The van der Waals surface area contributed by atoms with Gasteiger partial charge in [0, 0.05) is 11.4 Å². The number of carbonyl (C=O) groups is 1. The minimum Gasteiger partial charge on any atom is -0.351 e. The van der Waals surface area contributed by atoms with Gasteiger partial charge in [-0.15, -0.1) is 0 Å². The second-order valence-electron chi connectivity index (χ2n) is 4.14. The molecule has 1 amide bonds. The molecule has 1 unspecified atom stereocenters. The Morgan fingerprint density at radius 3 is 2.70 bits per heavy atom. The van der Waals surface area contributed by atoms with E-state index >= 15 is 0 Å². The number of hydrogen-bond acceptors (Lipinski definition) is 3. The van der Waals surface area contributed by atoms with E-state index in [9.17, 15) is 23.7 Å². The van der Waals surface area contributed by atoms with Gasteiger partial charge >= 0.3 is 5.69 Å². The predicted molar refractivity (Wildman–Crippen MR) is 73.0 cm³/mol. The first kappa shape index (κ1) is 16.5. The van der Waals surface area contributed by atoms with Crippen molar-refractivity contribution in [1.29, 1.82) is 0 Å². The van der Waals surface area contributed by atoms with E-state index in [-0.39, 0.29) is 11.4 Å². The Labute approximate surface area is 122 Å². The lowest BCUT2D eigenvalue weighted by atomic mass is 10.1. The minimum atomic E-state index is -1.34. The van der Waals surface area contributed by atoms with Crippen LogP contribution in [0.5, 0.6) is 0 Å². The van der Waals surface area contributed by atoms with Crippen molar-refractivity contribution >= 4 is 27.5 Å². The normalized spacial score (nSPS) is 12.0. The molecule has 0 saturated heterocycles. The maximum Gasteiger partial charge on any atom is 0.308 e. The number of benzene rings is 1. The van der Waals surface area contributed by atoms with Crippen molar-refractivity contribution in [1.82, 2.24) is 5.32 Å². The lowest BCUT2D eigenvalue weighted by Crippen LogP contribution is -2.30. The molecule has 0 fully saturated rings. The van der Waals surface area contributed by atoms with Crippen LogP contribution in [0.1, 0.15) is 30.1 Å². The molecule has 5 nitrogen and oxygen atoms in total. The van der Waals surface area contributed by atoms with E-state index in [1.54, 1.807) is 0 Å². The Bertz CT molecular complexity index is 526. The van der Waals surface area contributed by atoms with E-state index < -0.39 is 33.7 Å². The molecule has 1 aromatic rings. The van der Waals surface area contributed by atoms with Gasteiger partial charge in [0.15, 0.2) is 0 Å². The fourth-order valence-corrected chi connectivity index (χ4v) is 2.21. The Morgan fingerprint density at radius 1 is 1.50 bits per heavy atom. The SMILES string of the molecule is CCCC(Br)CNC(=O)c1cc(F)cc([N+](=O)[O-])c1F. The molecule has 1 rings (SSSR count). The maximum absolute atomic E-state index is 13.7. The Hall–Kier alpha value is -1.57. The van der Waals surface area contributed by atoms with Crippen LogP contribution >= 0.6 is 15.9 Å². The van der Waals surface area contributed by atoms with E-state index in [1.165, 1.54) is 0 Å². The summed E-state index contributed by atoms with van der Waals surface area (Å²) in [7, 11) is 0. The summed E-state index contributed by atoms with van der Waals surface area (Å²) in [5.41, 5.74) is -1.73. The predicted octanol–water partition coefficient (Wildman–Crippen LogP) is 3.17. The number of halogens is 3. The quantitative estimate of drug-likeness (QED) is 0.486. The molecule has 8 heteroatoms. The molecule has 0 heterocycles. The summed E-state index contributed by atoms with van der Waals surface area (Å²) in [5.74, 6) is -3.26. The van der Waals surface area contributed by atoms with Crippen molar-refractivity contribution in [2.24, 2.45) is 0 Å². The van der Waals surface area contributed by atoms with Gasteiger partial charge in [0.25, 0.3) is 5.91 Å². The number of hydrogen-bond donors (Lipinski definition) is 1. The summed E-state index contributed by atoms with van der Waals surface area (Å²) < 4.78 is 26.9.